The Balaban J connectivity index is 2.18. The van der Waals surface area contributed by atoms with Crippen LogP contribution in [-0.4, -0.2) is 49.7 Å². The minimum absolute atomic E-state index is 0.671. The summed E-state index contributed by atoms with van der Waals surface area (Å²) < 4.78 is 54.6. The van der Waals surface area contributed by atoms with E-state index >= 15 is 0 Å². The van der Waals surface area contributed by atoms with Crippen LogP contribution >= 0.6 is 0 Å². The lowest BCUT2D eigenvalue weighted by atomic mass is 9.54. The van der Waals surface area contributed by atoms with E-state index in [9.17, 15) is 23.1 Å². The first kappa shape index (κ1) is 19.4. The fourth-order valence-corrected chi connectivity index (χ4v) is 5.41. The van der Waals surface area contributed by atoms with Gasteiger partial charge >= 0.3 is 12.1 Å². The number of fused-ring (bicyclic) bond motifs is 5. The van der Waals surface area contributed by atoms with Gasteiger partial charge in [0.1, 0.15) is 10.8 Å². The van der Waals surface area contributed by atoms with E-state index in [0.29, 0.717) is 6.04 Å². The molecule has 8 heteroatoms. The molecule has 0 spiro atoms. The summed E-state index contributed by atoms with van der Waals surface area (Å²) in [6.07, 6.45) is -3.24. The van der Waals surface area contributed by atoms with Gasteiger partial charge in [0.25, 0.3) is 0 Å². The van der Waals surface area contributed by atoms with Crippen molar-refractivity contribution >= 4 is 14.0 Å². The molecule has 2 saturated heterocycles. The highest BCUT2D eigenvalue weighted by molar-refractivity contribution is 6.76. The lowest BCUT2D eigenvalue weighted by Crippen LogP contribution is -2.64. The largest absolute Gasteiger partial charge is 0.481 e. The maximum absolute atomic E-state index is 14.5. The van der Waals surface area contributed by atoms with E-state index in [-0.39, 0.29) is 0 Å². The number of carbonyl (C=O) groups is 1. The van der Waals surface area contributed by atoms with E-state index in [1.54, 1.807) is 6.08 Å². The Morgan fingerprint density at radius 3 is 2.35 bits per heavy atom. The van der Waals surface area contributed by atoms with Crippen molar-refractivity contribution in [2.75, 3.05) is 0 Å². The Morgan fingerprint density at radius 1 is 1.23 bits per heavy atom. The number of rotatable bonds is 5. The van der Waals surface area contributed by atoms with Crippen LogP contribution in [0, 0.1) is 10.8 Å². The fourth-order valence-electron chi connectivity index (χ4n) is 4.57. The number of alkyl halides is 3. The van der Waals surface area contributed by atoms with E-state index in [2.05, 4.69) is 26.2 Å². The Kier molecular flexibility index (Phi) is 4.33. The van der Waals surface area contributed by atoms with Crippen molar-refractivity contribution in [1.29, 1.82) is 0 Å². The van der Waals surface area contributed by atoms with Gasteiger partial charge in [0.15, 0.2) is 0 Å². The van der Waals surface area contributed by atoms with Gasteiger partial charge in [-0.15, -0.1) is 6.58 Å². The molecular formula is C18H23F3O4Si. The number of hydrogen-bond acceptors (Lipinski definition) is 3. The van der Waals surface area contributed by atoms with Crippen molar-refractivity contribution in [3.8, 4) is 0 Å². The van der Waals surface area contributed by atoms with Crippen LogP contribution in [-0.2, 0) is 14.3 Å². The third-order valence-electron chi connectivity index (χ3n) is 5.60. The van der Waals surface area contributed by atoms with Crippen molar-refractivity contribution in [1.82, 2.24) is 0 Å². The van der Waals surface area contributed by atoms with Crippen LogP contribution in [0.3, 0.4) is 0 Å². The topological polar surface area (TPSA) is 55.8 Å². The monoisotopic (exact) mass is 388 g/mol. The van der Waals surface area contributed by atoms with Gasteiger partial charge in [0, 0.05) is 8.07 Å². The van der Waals surface area contributed by atoms with Crippen molar-refractivity contribution in [3.63, 3.8) is 0 Å². The minimum atomic E-state index is -4.83. The molecule has 2 fully saturated rings. The second kappa shape index (κ2) is 5.81. The first-order chi connectivity index (χ1) is 11.9. The summed E-state index contributed by atoms with van der Waals surface area (Å²) in [6.45, 7) is 9.83. The van der Waals surface area contributed by atoms with Crippen LogP contribution in [0.4, 0.5) is 13.2 Å². The maximum atomic E-state index is 14.5. The van der Waals surface area contributed by atoms with E-state index in [1.807, 2.05) is 0 Å². The van der Waals surface area contributed by atoms with Crippen molar-refractivity contribution < 1.29 is 32.5 Å². The molecule has 6 atom stereocenters. The normalized spacial score (nSPS) is 41.8. The molecule has 2 bridgehead atoms. The number of ether oxygens (including phenoxy) is 2. The summed E-state index contributed by atoms with van der Waals surface area (Å²) in [6, 6.07) is 0.671. The van der Waals surface area contributed by atoms with Gasteiger partial charge in [0.2, 0.25) is 0 Å². The molecule has 3 aliphatic heterocycles. The highest BCUT2D eigenvalue weighted by atomic mass is 28.3. The summed E-state index contributed by atoms with van der Waals surface area (Å²) in [4.78, 5) is 12.2. The van der Waals surface area contributed by atoms with Gasteiger partial charge in [-0.3, -0.25) is 4.79 Å². The van der Waals surface area contributed by atoms with Crippen molar-refractivity contribution in [2.45, 2.75) is 56.3 Å². The van der Waals surface area contributed by atoms with Crippen LogP contribution in [0.25, 0.3) is 0 Å². The SMILES string of the molecule is C=C[C@@H]1O[C@H](C=CC[Si](C)(C)C)[C@@]2(C(F)(F)F)C3C=CC(O3)[C@@]12C(=O)O. The fraction of sp³-hybridized carbons (Fsp3) is 0.611. The highest BCUT2D eigenvalue weighted by Crippen LogP contribution is 2.71. The molecular weight excluding hydrogens is 365 g/mol. The first-order valence-corrected chi connectivity index (χ1v) is 12.2. The standard InChI is InChI=1S/C18H23F3O4Si/c1-5-11-16(15(22)23)12-8-9-14(25-12)17(16,18(19,20)21)13(24-11)7-6-10-26(2,3)4/h5-9,11-14H,1,10H2,2-4H3,(H,22,23)/t11-,12?,13+,14?,16+,17+/m0/s1. The second-order valence-corrected chi connectivity index (χ2v) is 13.8. The molecule has 0 aromatic rings. The number of carboxylic acid groups (broad SMARTS) is 1. The summed E-state index contributed by atoms with van der Waals surface area (Å²) >= 11 is 0. The lowest BCUT2D eigenvalue weighted by molar-refractivity contribution is -0.263. The first-order valence-electron chi connectivity index (χ1n) is 8.51. The van der Waals surface area contributed by atoms with Crippen LogP contribution < -0.4 is 0 Å². The minimum Gasteiger partial charge on any atom is -0.481 e. The molecule has 0 saturated carbocycles. The number of hydrogen-bond donors (Lipinski definition) is 1. The average Bonchev–Trinajstić information content (AvgIpc) is 3.13. The molecule has 4 nitrogen and oxygen atoms in total. The summed E-state index contributed by atoms with van der Waals surface area (Å²) in [5.41, 5.74) is -4.96. The van der Waals surface area contributed by atoms with Gasteiger partial charge in [-0.2, -0.15) is 13.2 Å². The average molecular weight is 388 g/mol. The highest BCUT2D eigenvalue weighted by Gasteiger charge is 2.88. The number of halogens is 3. The van der Waals surface area contributed by atoms with E-state index in [1.165, 1.54) is 18.2 Å². The maximum Gasteiger partial charge on any atom is 0.401 e. The summed E-state index contributed by atoms with van der Waals surface area (Å²) in [7, 11) is -1.52. The molecule has 26 heavy (non-hydrogen) atoms. The molecule has 0 amide bonds. The Morgan fingerprint density at radius 2 is 1.85 bits per heavy atom. The zero-order valence-electron chi connectivity index (χ0n) is 14.9. The molecule has 3 aliphatic rings. The molecule has 3 rings (SSSR count). The van der Waals surface area contributed by atoms with Gasteiger partial charge in [-0.05, 0) is 6.04 Å². The molecule has 0 radical (unpaired) electrons. The Hall–Kier alpha value is -1.38. The van der Waals surface area contributed by atoms with Crippen LogP contribution in [0.2, 0.25) is 25.7 Å². The van der Waals surface area contributed by atoms with E-state index in [4.69, 9.17) is 9.47 Å². The molecule has 144 valence electrons. The molecule has 0 aliphatic carbocycles. The second-order valence-electron chi connectivity index (χ2n) is 8.31. The van der Waals surface area contributed by atoms with Gasteiger partial charge < -0.3 is 14.6 Å². The number of carboxylic acids is 1. The number of aliphatic carboxylic acids is 1. The zero-order chi connectivity index (χ0) is 19.5. The van der Waals surface area contributed by atoms with Crippen LogP contribution in [0.5, 0.6) is 0 Å². The van der Waals surface area contributed by atoms with Crippen LogP contribution in [0.15, 0.2) is 37.0 Å². The molecule has 1 N–H and O–H groups in total. The van der Waals surface area contributed by atoms with Crippen molar-refractivity contribution in [3.05, 3.63) is 37.0 Å². The Bertz CT molecular complexity index is 681. The quantitative estimate of drug-likeness (QED) is 0.575. The van der Waals surface area contributed by atoms with E-state index in [0.717, 1.165) is 6.08 Å². The Labute approximate surface area is 151 Å². The third-order valence-corrected chi connectivity index (χ3v) is 7.07. The predicted octanol–water partition coefficient (Wildman–Crippen LogP) is 3.79. The van der Waals surface area contributed by atoms with Gasteiger partial charge in [-0.1, -0.05) is 50.0 Å². The molecule has 0 aromatic heterocycles. The van der Waals surface area contributed by atoms with Crippen molar-refractivity contribution in [2.24, 2.45) is 10.8 Å². The lowest BCUT2D eigenvalue weighted by Gasteiger charge is -2.44. The van der Waals surface area contributed by atoms with Gasteiger partial charge in [-0.25, -0.2) is 0 Å². The molecule has 0 aromatic carbocycles. The molecule has 3 heterocycles. The van der Waals surface area contributed by atoms with Crippen LogP contribution in [0.1, 0.15) is 0 Å². The third kappa shape index (κ3) is 2.24. The molecule has 2 unspecified atom stereocenters. The number of allylic oxidation sites excluding steroid dienone is 1. The predicted molar refractivity (Wildman–Crippen MR) is 92.5 cm³/mol. The van der Waals surface area contributed by atoms with Gasteiger partial charge in [0.05, 0.1) is 24.4 Å². The summed E-state index contributed by atoms with van der Waals surface area (Å²) in [5, 5.41) is 9.94. The smallest absolute Gasteiger partial charge is 0.401 e. The zero-order valence-corrected chi connectivity index (χ0v) is 15.9. The summed E-state index contributed by atoms with van der Waals surface area (Å²) in [5.74, 6) is -1.57. The van der Waals surface area contributed by atoms with E-state index < -0.39 is 55.5 Å².